The molecule has 146 valence electrons. The molecule has 0 aliphatic rings. The molecule has 8 heteroatoms. The molecule has 0 fully saturated rings. The maximum Gasteiger partial charge on any atom is 0.312 e. The van der Waals surface area contributed by atoms with Crippen LogP contribution < -0.4 is 14.8 Å². The average Bonchev–Trinajstić information content (AvgIpc) is 3.06. The molecule has 0 aliphatic carbocycles. The second kappa shape index (κ2) is 8.85. The fourth-order valence-electron chi connectivity index (χ4n) is 2.29. The van der Waals surface area contributed by atoms with Crippen molar-refractivity contribution in [3.8, 4) is 22.1 Å². The Morgan fingerprint density at radius 2 is 1.85 bits per heavy atom. The number of rotatable bonds is 7. The highest BCUT2D eigenvalue weighted by Crippen LogP contribution is 2.33. The fourth-order valence-corrected chi connectivity index (χ4v) is 3.11. The number of nitrogens with zero attached hydrogens (tertiary/aromatic N) is 1. The van der Waals surface area contributed by atoms with Crippen LogP contribution >= 0.6 is 11.3 Å². The quantitative estimate of drug-likeness (QED) is 0.729. The maximum atomic E-state index is 11.9. The van der Waals surface area contributed by atoms with Crippen LogP contribution in [-0.2, 0) is 20.7 Å². The third-order valence-corrected chi connectivity index (χ3v) is 4.33. The van der Waals surface area contributed by atoms with Crippen molar-refractivity contribution in [2.75, 3.05) is 20.8 Å². The molecule has 7 nitrogen and oxygen atoms in total. The SMILES string of the molecule is COc1ccc(-c2nc(CC(=O)OCC(=O)NC(C)(C)C)cs2)cc1OC. The summed E-state index contributed by atoms with van der Waals surface area (Å²) in [5.41, 5.74) is 1.08. The molecule has 0 bridgehead atoms. The van der Waals surface area contributed by atoms with E-state index in [2.05, 4.69) is 10.3 Å². The lowest BCUT2D eigenvalue weighted by Gasteiger charge is -2.20. The Labute approximate surface area is 162 Å². The molecule has 1 N–H and O–H groups in total. The molecule has 0 aliphatic heterocycles. The van der Waals surface area contributed by atoms with Crippen LogP contribution in [0, 0.1) is 0 Å². The number of esters is 1. The van der Waals surface area contributed by atoms with Crippen molar-refractivity contribution in [2.24, 2.45) is 0 Å². The Morgan fingerprint density at radius 3 is 2.48 bits per heavy atom. The van der Waals surface area contributed by atoms with Gasteiger partial charge in [-0.05, 0) is 39.0 Å². The highest BCUT2D eigenvalue weighted by molar-refractivity contribution is 7.13. The average molecular weight is 392 g/mol. The highest BCUT2D eigenvalue weighted by Gasteiger charge is 2.16. The minimum absolute atomic E-state index is 0.00654. The molecule has 2 aromatic rings. The predicted molar refractivity (Wildman–Crippen MR) is 103 cm³/mol. The van der Waals surface area contributed by atoms with Gasteiger partial charge in [0.25, 0.3) is 5.91 Å². The monoisotopic (exact) mass is 392 g/mol. The first-order valence-corrected chi connectivity index (χ1v) is 9.23. The molecule has 1 aromatic heterocycles. The van der Waals surface area contributed by atoms with E-state index >= 15 is 0 Å². The number of hydrogen-bond acceptors (Lipinski definition) is 7. The van der Waals surface area contributed by atoms with Crippen LogP contribution in [0.2, 0.25) is 0 Å². The molecule has 0 saturated carbocycles. The van der Waals surface area contributed by atoms with Gasteiger partial charge in [0.1, 0.15) is 5.01 Å². The molecule has 0 radical (unpaired) electrons. The summed E-state index contributed by atoms with van der Waals surface area (Å²) in [5.74, 6) is 0.412. The Hall–Kier alpha value is -2.61. The van der Waals surface area contributed by atoms with E-state index in [9.17, 15) is 9.59 Å². The fraction of sp³-hybridized carbons (Fsp3) is 0.421. The largest absolute Gasteiger partial charge is 0.493 e. The minimum atomic E-state index is -0.497. The lowest BCUT2D eigenvalue weighted by Crippen LogP contribution is -2.42. The first-order valence-electron chi connectivity index (χ1n) is 8.35. The summed E-state index contributed by atoms with van der Waals surface area (Å²) < 4.78 is 15.5. The van der Waals surface area contributed by atoms with Crippen molar-refractivity contribution in [3.05, 3.63) is 29.3 Å². The molecule has 27 heavy (non-hydrogen) atoms. The highest BCUT2D eigenvalue weighted by atomic mass is 32.1. The number of ether oxygens (including phenoxy) is 3. The maximum absolute atomic E-state index is 11.9. The van der Waals surface area contributed by atoms with Crippen molar-refractivity contribution in [2.45, 2.75) is 32.7 Å². The van der Waals surface area contributed by atoms with Crippen LogP contribution in [0.1, 0.15) is 26.5 Å². The van der Waals surface area contributed by atoms with Crippen LogP contribution in [0.25, 0.3) is 10.6 Å². The van der Waals surface area contributed by atoms with Gasteiger partial charge >= 0.3 is 5.97 Å². The standard InChI is InChI=1S/C19H24N2O5S/c1-19(2,3)21-16(22)10-26-17(23)9-13-11-27-18(20-13)12-6-7-14(24-4)15(8-12)25-5/h6-8,11H,9-10H2,1-5H3,(H,21,22). The van der Waals surface area contributed by atoms with E-state index in [1.54, 1.807) is 25.7 Å². The van der Waals surface area contributed by atoms with Crippen molar-refractivity contribution in [3.63, 3.8) is 0 Å². The second-order valence-corrected chi connectivity index (χ2v) is 7.71. The summed E-state index contributed by atoms with van der Waals surface area (Å²) in [6.45, 7) is 5.27. The molecule has 2 rings (SSSR count). The summed E-state index contributed by atoms with van der Waals surface area (Å²) in [6.07, 6.45) is 0.00654. The summed E-state index contributed by atoms with van der Waals surface area (Å²) in [5, 5.41) is 5.28. The molecule has 0 unspecified atom stereocenters. The number of aromatic nitrogens is 1. The first kappa shape index (κ1) is 20.7. The molecule has 1 aromatic carbocycles. The molecular weight excluding hydrogens is 368 g/mol. The number of carbonyl (C=O) groups excluding carboxylic acids is 2. The minimum Gasteiger partial charge on any atom is -0.493 e. The summed E-state index contributed by atoms with van der Waals surface area (Å²) >= 11 is 1.41. The van der Waals surface area contributed by atoms with Gasteiger partial charge in [0, 0.05) is 16.5 Å². The summed E-state index contributed by atoms with van der Waals surface area (Å²) in [7, 11) is 3.15. The molecule has 0 spiro atoms. The van der Waals surface area contributed by atoms with Crippen molar-refractivity contribution in [1.29, 1.82) is 0 Å². The Bertz CT molecular complexity index is 811. The lowest BCUT2D eigenvalue weighted by atomic mass is 10.1. The second-order valence-electron chi connectivity index (χ2n) is 6.85. The number of amides is 1. The van der Waals surface area contributed by atoms with E-state index in [4.69, 9.17) is 14.2 Å². The van der Waals surface area contributed by atoms with Crippen molar-refractivity contribution < 1.29 is 23.8 Å². The van der Waals surface area contributed by atoms with E-state index in [0.717, 1.165) is 10.6 Å². The zero-order valence-corrected chi connectivity index (χ0v) is 16.9. The van der Waals surface area contributed by atoms with Crippen LogP contribution in [0.5, 0.6) is 11.5 Å². The van der Waals surface area contributed by atoms with Crippen LogP contribution in [-0.4, -0.2) is 43.2 Å². The Morgan fingerprint density at radius 1 is 1.15 bits per heavy atom. The van der Waals surface area contributed by atoms with Crippen molar-refractivity contribution in [1.82, 2.24) is 10.3 Å². The van der Waals surface area contributed by atoms with Gasteiger partial charge < -0.3 is 19.5 Å². The number of benzene rings is 1. The van der Waals surface area contributed by atoms with E-state index in [0.29, 0.717) is 17.2 Å². The number of hydrogen-bond donors (Lipinski definition) is 1. The summed E-state index contributed by atoms with van der Waals surface area (Å²) in [6, 6.07) is 5.51. The smallest absolute Gasteiger partial charge is 0.312 e. The topological polar surface area (TPSA) is 86.8 Å². The first-order chi connectivity index (χ1) is 12.7. The van der Waals surface area contributed by atoms with E-state index < -0.39 is 5.97 Å². The third kappa shape index (κ3) is 6.25. The molecule has 0 atom stereocenters. The predicted octanol–water partition coefficient (Wildman–Crippen LogP) is 2.83. The van der Waals surface area contributed by atoms with Crippen LogP contribution in [0.15, 0.2) is 23.6 Å². The van der Waals surface area contributed by atoms with E-state index in [-0.39, 0.29) is 24.5 Å². The van der Waals surface area contributed by atoms with Gasteiger partial charge in [-0.1, -0.05) is 0 Å². The van der Waals surface area contributed by atoms with Crippen LogP contribution in [0.3, 0.4) is 0 Å². The molecule has 1 amide bonds. The number of thiazole rings is 1. The molecule has 1 heterocycles. The van der Waals surface area contributed by atoms with E-state index in [1.165, 1.54) is 11.3 Å². The van der Waals surface area contributed by atoms with Gasteiger partial charge in [-0.2, -0.15) is 0 Å². The van der Waals surface area contributed by atoms with Gasteiger partial charge in [-0.3, -0.25) is 9.59 Å². The Balaban J connectivity index is 1.96. The van der Waals surface area contributed by atoms with Gasteiger partial charge in [-0.25, -0.2) is 4.98 Å². The number of carbonyl (C=O) groups is 2. The van der Waals surface area contributed by atoms with Crippen LogP contribution in [0.4, 0.5) is 0 Å². The summed E-state index contributed by atoms with van der Waals surface area (Å²) in [4.78, 5) is 28.1. The molecule has 0 saturated heterocycles. The van der Waals surface area contributed by atoms with Crippen molar-refractivity contribution >= 4 is 23.2 Å². The lowest BCUT2D eigenvalue weighted by molar-refractivity contribution is -0.148. The van der Waals surface area contributed by atoms with Gasteiger partial charge in [0.05, 0.1) is 26.3 Å². The Kier molecular flexibility index (Phi) is 6.79. The van der Waals surface area contributed by atoms with Gasteiger partial charge in [-0.15, -0.1) is 11.3 Å². The molecular formula is C19H24N2O5S. The third-order valence-electron chi connectivity index (χ3n) is 3.39. The normalized spacial score (nSPS) is 11.0. The van der Waals surface area contributed by atoms with Gasteiger partial charge in [0.2, 0.25) is 0 Å². The number of methoxy groups -OCH3 is 2. The van der Waals surface area contributed by atoms with Gasteiger partial charge in [0.15, 0.2) is 18.1 Å². The zero-order chi connectivity index (χ0) is 20.0. The van der Waals surface area contributed by atoms with E-state index in [1.807, 2.05) is 32.9 Å². The zero-order valence-electron chi connectivity index (χ0n) is 16.1. The number of nitrogens with one attached hydrogen (secondary N) is 1.